The van der Waals surface area contributed by atoms with Crippen LogP contribution in [0.5, 0.6) is 0 Å². The van der Waals surface area contributed by atoms with Gasteiger partial charge < -0.3 is 4.42 Å². The molecule has 0 unspecified atom stereocenters. The predicted octanol–water partition coefficient (Wildman–Crippen LogP) is 2.72. The number of aryl methyl sites for hydroxylation is 1. The van der Waals surface area contributed by atoms with Crippen molar-refractivity contribution in [1.82, 2.24) is 4.98 Å². The first-order valence-corrected chi connectivity index (χ1v) is 5.66. The van der Waals surface area contributed by atoms with Gasteiger partial charge in [0.15, 0.2) is 5.78 Å². The van der Waals surface area contributed by atoms with Crippen LogP contribution in [0.25, 0.3) is 0 Å². The van der Waals surface area contributed by atoms with Crippen molar-refractivity contribution in [3.63, 3.8) is 0 Å². The van der Waals surface area contributed by atoms with Crippen LogP contribution in [-0.4, -0.2) is 10.8 Å². The Balaban J connectivity index is 2.15. The van der Waals surface area contributed by atoms with Gasteiger partial charge in [-0.1, -0.05) is 6.92 Å². The van der Waals surface area contributed by atoms with Crippen LogP contribution in [0, 0.1) is 0 Å². The summed E-state index contributed by atoms with van der Waals surface area (Å²) in [7, 11) is 0. The van der Waals surface area contributed by atoms with Gasteiger partial charge in [-0.25, -0.2) is 0 Å². The number of hydrogen-bond donors (Lipinski definition) is 0. The molecule has 0 aliphatic carbocycles. The fourth-order valence-electron chi connectivity index (χ4n) is 1.45. The monoisotopic (exact) mass is 221 g/mol. The molecule has 78 valence electrons. The van der Waals surface area contributed by atoms with E-state index in [0.717, 1.165) is 17.1 Å². The Morgan fingerprint density at radius 2 is 2.47 bits per heavy atom. The lowest BCUT2D eigenvalue weighted by Gasteiger charge is -1.97. The lowest BCUT2D eigenvalue weighted by atomic mass is 10.1. The number of nitrogens with zero attached hydrogens (tertiary/aromatic N) is 1. The lowest BCUT2D eigenvalue weighted by Crippen LogP contribution is -2.03. The molecule has 15 heavy (non-hydrogen) atoms. The fourth-order valence-corrected chi connectivity index (χ4v) is 2.04. The Labute approximate surface area is 91.8 Å². The summed E-state index contributed by atoms with van der Waals surface area (Å²) in [6.07, 6.45) is 4.46. The third kappa shape index (κ3) is 2.15. The van der Waals surface area contributed by atoms with Gasteiger partial charge in [0, 0.05) is 23.9 Å². The normalized spacial score (nSPS) is 10.5. The predicted molar refractivity (Wildman–Crippen MR) is 58.2 cm³/mol. The van der Waals surface area contributed by atoms with E-state index in [2.05, 4.69) is 4.98 Å². The van der Waals surface area contributed by atoms with Crippen molar-refractivity contribution in [1.29, 1.82) is 0 Å². The molecule has 0 atom stereocenters. The van der Waals surface area contributed by atoms with Crippen LogP contribution in [0.15, 0.2) is 28.5 Å². The fraction of sp³-hybridized carbons (Fsp3) is 0.273. The molecule has 2 aromatic heterocycles. The summed E-state index contributed by atoms with van der Waals surface area (Å²) < 4.78 is 5.22. The number of furan rings is 1. The molecule has 0 saturated carbocycles. The Kier molecular flexibility index (Phi) is 2.97. The summed E-state index contributed by atoms with van der Waals surface area (Å²) in [5.74, 6) is 0.870. The van der Waals surface area contributed by atoms with E-state index >= 15 is 0 Å². The quantitative estimate of drug-likeness (QED) is 0.745. The minimum Gasteiger partial charge on any atom is -0.469 e. The number of thiazole rings is 1. The zero-order chi connectivity index (χ0) is 10.7. The Bertz CT molecular complexity index is 445. The van der Waals surface area contributed by atoms with Crippen molar-refractivity contribution in [2.75, 3.05) is 0 Å². The van der Waals surface area contributed by atoms with Crippen molar-refractivity contribution >= 4 is 17.1 Å². The van der Waals surface area contributed by atoms with Crippen molar-refractivity contribution in [2.24, 2.45) is 0 Å². The molecule has 0 aliphatic rings. The van der Waals surface area contributed by atoms with E-state index in [1.54, 1.807) is 24.0 Å². The highest BCUT2D eigenvalue weighted by Crippen LogP contribution is 2.16. The zero-order valence-corrected chi connectivity index (χ0v) is 9.21. The molecule has 2 rings (SSSR count). The van der Waals surface area contributed by atoms with Gasteiger partial charge in [0.2, 0.25) is 0 Å². The highest BCUT2D eigenvalue weighted by molar-refractivity contribution is 7.09. The second kappa shape index (κ2) is 4.40. The van der Waals surface area contributed by atoms with E-state index in [9.17, 15) is 4.79 Å². The summed E-state index contributed by atoms with van der Waals surface area (Å²) in [4.78, 5) is 16.8. The summed E-state index contributed by atoms with van der Waals surface area (Å²) in [5.41, 5.74) is 2.43. The van der Waals surface area contributed by atoms with Crippen molar-refractivity contribution in [3.05, 3.63) is 40.2 Å². The van der Waals surface area contributed by atoms with Crippen molar-refractivity contribution in [2.45, 2.75) is 19.8 Å². The summed E-state index contributed by atoms with van der Waals surface area (Å²) in [6, 6.07) is 1.74. The zero-order valence-electron chi connectivity index (χ0n) is 8.40. The van der Waals surface area contributed by atoms with Gasteiger partial charge in [0.25, 0.3) is 0 Å². The van der Waals surface area contributed by atoms with Gasteiger partial charge >= 0.3 is 0 Å². The Morgan fingerprint density at radius 3 is 3.13 bits per heavy atom. The summed E-state index contributed by atoms with van der Waals surface area (Å²) in [6.45, 7) is 1.97. The van der Waals surface area contributed by atoms with E-state index in [-0.39, 0.29) is 5.78 Å². The molecule has 0 aliphatic heterocycles. The van der Waals surface area contributed by atoms with Gasteiger partial charge in [-0.2, -0.15) is 0 Å². The van der Waals surface area contributed by atoms with Gasteiger partial charge in [0.05, 0.1) is 17.3 Å². The first-order valence-electron chi connectivity index (χ1n) is 4.78. The van der Waals surface area contributed by atoms with Crippen LogP contribution in [0.1, 0.15) is 27.9 Å². The minimum absolute atomic E-state index is 0.102. The molecular weight excluding hydrogens is 210 g/mol. The molecule has 0 amide bonds. The smallest absolute Gasteiger partial charge is 0.171 e. The number of carbonyl (C=O) groups is 1. The molecule has 0 bridgehead atoms. The van der Waals surface area contributed by atoms with E-state index in [0.29, 0.717) is 12.0 Å². The van der Waals surface area contributed by atoms with Crippen LogP contribution >= 0.6 is 11.3 Å². The number of Topliss-reactive ketones (excluding diaryl/α,β-unsaturated/α-hetero) is 1. The van der Waals surface area contributed by atoms with Crippen molar-refractivity contribution in [3.8, 4) is 0 Å². The Morgan fingerprint density at radius 1 is 1.60 bits per heavy atom. The summed E-state index contributed by atoms with van der Waals surface area (Å²) >= 11 is 1.50. The maximum absolute atomic E-state index is 11.9. The number of rotatable bonds is 4. The average molecular weight is 221 g/mol. The van der Waals surface area contributed by atoms with Gasteiger partial charge in [-0.15, -0.1) is 11.3 Å². The van der Waals surface area contributed by atoms with Gasteiger partial charge in [-0.05, 0) is 6.07 Å². The standard InChI is InChI=1S/C11H11NO2S/c1-2-11-9(3-4-14-11)10(13)5-8-6-12-7-15-8/h3-4,6-7H,2,5H2,1H3. The first-order chi connectivity index (χ1) is 7.31. The number of hydrogen-bond acceptors (Lipinski definition) is 4. The largest absolute Gasteiger partial charge is 0.469 e. The maximum atomic E-state index is 11.9. The molecule has 0 fully saturated rings. The van der Waals surface area contributed by atoms with E-state index in [1.807, 2.05) is 6.92 Å². The second-order valence-corrected chi connectivity index (χ2v) is 4.15. The number of carbonyl (C=O) groups excluding carboxylic acids is 1. The van der Waals surface area contributed by atoms with Crippen LogP contribution in [0.2, 0.25) is 0 Å². The van der Waals surface area contributed by atoms with E-state index < -0.39 is 0 Å². The van der Waals surface area contributed by atoms with Gasteiger partial charge in [0.1, 0.15) is 5.76 Å². The van der Waals surface area contributed by atoms with Crippen molar-refractivity contribution < 1.29 is 9.21 Å². The minimum atomic E-state index is 0.102. The number of ketones is 1. The maximum Gasteiger partial charge on any atom is 0.171 e. The highest BCUT2D eigenvalue weighted by Gasteiger charge is 2.14. The second-order valence-electron chi connectivity index (χ2n) is 3.18. The SMILES string of the molecule is CCc1occc1C(=O)Cc1cncs1. The molecule has 3 nitrogen and oxygen atoms in total. The third-order valence-corrected chi connectivity index (χ3v) is 2.96. The Hall–Kier alpha value is -1.42. The highest BCUT2D eigenvalue weighted by atomic mass is 32.1. The molecule has 0 aromatic carbocycles. The molecule has 0 spiro atoms. The van der Waals surface area contributed by atoms with E-state index in [4.69, 9.17) is 4.42 Å². The van der Waals surface area contributed by atoms with Crippen LogP contribution in [0.3, 0.4) is 0 Å². The van der Waals surface area contributed by atoms with E-state index in [1.165, 1.54) is 11.3 Å². The third-order valence-electron chi connectivity index (χ3n) is 2.19. The number of aromatic nitrogens is 1. The first kappa shape index (κ1) is 10.1. The lowest BCUT2D eigenvalue weighted by molar-refractivity contribution is 0.0992. The summed E-state index contributed by atoms with van der Waals surface area (Å²) in [5, 5.41) is 0. The molecule has 4 heteroatoms. The average Bonchev–Trinajstić information content (AvgIpc) is 2.86. The van der Waals surface area contributed by atoms with Crippen LogP contribution in [-0.2, 0) is 12.8 Å². The molecule has 2 aromatic rings. The van der Waals surface area contributed by atoms with Crippen LogP contribution < -0.4 is 0 Å². The topological polar surface area (TPSA) is 43.1 Å². The van der Waals surface area contributed by atoms with Crippen LogP contribution in [0.4, 0.5) is 0 Å². The molecule has 2 heterocycles. The molecule has 0 N–H and O–H groups in total. The molecular formula is C11H11NO2S. The molecule has 0 saturated heterocycles. The molecule has 0 radical (unpaired) electrons. The van der Waals surface area contributed by atoms with Gasteiger partial charge in [-0.3, -0.25) is 9.78 Å².